The first-order valence-electron chi connectivity index (χ1n) is 7.28. The maximum Gasteiger partial charge on any atom is 0.303 e. The first kappa shape index (κ1) is 16.5. The third kappa shape index (κ3) is 4.26. The van der Waals surface area contributed by atoms with Crippen molar-refractivity contribution >= 4 is 5.97 Å². The van der Waals surface area contributed by atoms with E-state index in [2.05, 4.69) is 32.9 Å². The average molecular weight is 278 g/mol. The number of rotatable bonds is 6. The maximum atomic E-state index is 11.1. The molecule has 0 aliphatic rings. The van der Waals surface area contributed by atoms with Gasteiger partial charge >= 0.3 is 5.97 Å². The van der Waals surface area contributed by atoms with Crippen LogP contribution in [0.3, 0.4) is 0 Å². The van der Waals surface area contributed by atoms with Gasteiger partial charge in [-0.05, 0) is 41.9 Å². The van der Waals surface area contributed by atoms with Crippen molar-refractivity contribution in [2.24, 2.45) is 0 Å². The first-order chi connectivity index (χ1) is 9.29. The van der Waals surface area contributed by atoms with Crippen molar-refractivity contribution in [1.82, 2.24) is 0 Å². The lowest BCUT2D eigenvalue weighted by Gasteiger charge is -2.24. The SMILES string of the molecule is CCOc1ccc(C(C)(C)C)cc1C(CC)CC(=O)O. The van der Waals surface area contributed by atoms with E-state index in [9.17, 15) is 4.79 Å². The van der Waals surface area contributed by atoms with E-state index in [0.717, 1.165) is 17.7 Å². The standard InChI is InChI=1S/C17H26O3/c1-6-12(10-16(18)19)14-11-13(17(3,4)5)8-9-15(14)20-7-2/h8-9,11-12H,6-7,10H2,1-5H3,(H,18,19). The van der Waals surface area contributed by atoms with E-state index >= 15 is 0 Å². The van der Waals surface area contributed by atoms with Crippen LogP contribution in [-0.4, -0.2) is 17.7 Å². The highest BCUT2D eigenvalue weighted by Gasteiger charge is 2.21. The molecule has 0 amide bonds. The second-order valence-electron chi connectivity index (χ2n) is 6.14. The van der Waals surface area contributed by atoms with E-state index in [1.54, 1.807) is 0 Å². The molecule has 3 heteroatoms. The normalized spacial score (nSPS) is 13.1. The zero-order valence-electron chi connectivity index (χ0n) is 13.2. The largest absolute Gasteiger partial charge is 0.494 e. The van der Waals surface area contributed by atoms with Crippen LogP contribution >= 0.6 is 0 Å². The summed E-state index contributed by atoms with van der Waals surface area (Å²) in [6, 6.07) is 6.16. The summed E-state index contributed by atoms with van der Waals surface area (Å²) >= 11 is 0. The molecule has 0 radical (unpaired) electrons. The third-order valence-electron chi connectivity index (χ3n) is 3.53. The van der Waals surface area contributed by atoms with E-state index in [-0.39, 0.29) is 17.8 Å². The molecular formula is C17H26O3. The minimum Gasteiger partial charge on any atom is -0.494 e. The van der Waals surface area contributed by atoms with Crippen molar-refractivity contribution in [3.05, 3.63) is 29.3 Å². The summed E-state index contributed by atoms with van der Waals surface area (Å²) in [7, 11) is 0. The predicted octanol–water partition coefficient (Wildman–Crippen LogP) is 4.35. The molecule has 0 aliphatic heterocycles. The quantitative estimate of drug-likeness (QED) is 0.841. The van der Waals surface area contributed by atoms with Gasteiger partial charge in [0.1, 0.15) is 5.75 Å². The number of benzene rings is 1. The molecule has 0 aromatic heterocycles. The fourth-order valence-electron chi connectivity index (χ4n) is 2.31. The van der Waals surface area contributed by atoms with Crippen molar-refractivity contribution in [1.29, 1.82) is 0 Å². The molecule has 1 atom stereocenters. The third-order valence-corrected chi connectivity index (χ3v) is 3.53. The van der Waals surface area contributed by atoms with Crippen LogP contribution in [0.2, 0.25) is 0 Å². The number of carboxylic acid groups (broad SMARTS) is 1. The minimum atomic E-state index is -0.763. The van der Waals surface area contributed by atoms with E-state index in [4.69, 9.17) is 9.84 Å². The summed E-state index contributed by atoms with van der Waals surface area (Å²) < 4.78 is 5.68. The van der Waals surface area contributed by atoms with Gasteiger partial charge in [-0.1, -0.05) is 39.8 Å². The van der Waals surface area contributed by atoms with Crippen molar-refractivity contribution < 1.29 is 14.6 Å². The average Bonchev–Trinajstić information content (AvgIpc) is 2.35. The van der Waals surface area contributed by atoms with Crippen LogP contribution in [0.15, 0.2) is 18.2 Å². The Hall–Kier alpha value is -1.51. The molecule has 0 aliphatic carbocycles. The Labute approximate surface area is 122 Å². The van der Waals surface area contributed by atoms with Crippen LogP contribution in [0.25, 0.3) is 0 Å². The Bertz CT molecular complexity index is 458. The van der Waals surface area contributed by atoms with E-state index < -0.39 is 5.97 Å². The Morgan fingerprint density at radius 1 is 1.30 bits per heavy atom. The Morgan fingerprint density at radius 2 is 1.95 bits per heavy atom. The van der Waals surface area contributed by atoms with Crippen LogP contribution in [0, 0.1) is 0 Å². The van der Waals surface area contributed by atoms with Gasteiger partial charge in [0, 0.05) is 0 Å². The highest BCUT2D eigenvalue weighted by molar-refractivity contribution is 5.68. The highest BCUT2D eigenvalue weighted by Crippen LogP contribution is 2.35. The zero-order chi connectivity index (χ0) is 15.3. The molecule has 0 heterocycles. The van der Waals surface area contributed by atoms with Crippen LogP contribution in [0.5, 0.6) is 5.75 Å². The van der Waals surface area contributed by atoms with Gasteiger partial charge in [-0.15, -0.1) is 0 Å². The molecular weight excluding hydrogens is 252 g/mol. The Kier molecular flexibility index (Phi) is 5.61. The molecule has 1 aromatic carbocycles. The number of hydrogen-bond donors (Lipinski definition) is 1. The molecule has 1 aromatic rings. The molecule has 112 valence electrons. The van der Waals surface area contributed by atoms with Gasteiger partial charge < -0.3 is 9.84 Å². The van der Waals surface area contributed by atoms with E-state index in [1.165, 1.54) is 5.56 Å². The van der Waals surface area contributed by atoms with Crippen LogP contribution in [-0.2, 0) is 10.2 Å². The van der Waals surface area contributed by atoms with Crippen molar-refractivity contribution in [3.8, 4) is 5.75 Å². The van der Waals surface area contributed by atoms with Gasteiger partial charge in [-0.3, -0.25) is 4.79 Å². The fraction of sp³-hybridized carbons (Fsp3) is 0.588. The Morgan fingerprint density at radius 3 is 2.40 bits per heavy atom. The Balaban J connectivity index is 3.26. The lowest BCUT2D eigenvalue weighted by molar-refractivity contribution is -0.137. The molecule has 0 saturated heterocycles. The number of aliphatic carboxylic acids is 1. The number of hydrogen-bond acceptors (Lipinski definition) is 2. The summed E-state index contributed by atoms with van der Waals surface area (Å²) in [4.78, 5) is 11.1. The summed E-state index contributed by atoms with van der Waals surface area (Å²) in [5.74, 6) is 0.0467. The van der Waals surface area contributed by atoms with Crippen LogP contribution in [0.4, 0.5) is 0 Å². The lowest BCUT2D eigenvalue weighted by atomic mass is 9.83. The van der Waals surface area contributed by atoms with Crippen LogP contribution in [0.1, 0.15) is 64.5 Å². The molecule has 1 N–H and O–H groups in total. The van der Waals surface area contributed by atoms with E-state index in [1.807, 2.05) is 19.9 Å². The van der Waals surface area contributed by atoms with Gasteiger partial charge in [0.2, 0.25) is 0 Å². The topological polar surface area (TPSA) is 46.5 Å². The first-order valence-corrected chi connectivity index (χ1v) is 7.28. The second-order valence-corrected chi connectivity index (χ2v) is 6.14. The van der Waals surface area contributed by atoms with Gasteiger partial charge in [-0.25, -0.2) is 0 Å². The van der Waals surface area contributed by atoms with Crippen molar-refractivity contribution in [2.45, 2.75) is 58.8 Å². The monoisotopic (exact) mass is 278 g/mol. The molecule has 0 bridgehead atoms. The number of ether oxygens (including phenoxy) is 1. The summed E-state index contributed by atoms with van der Waals surface area (Å²) in [5, 5.41) is 9.09. The van der Waals surface area contributed by atoms with Crippen molar-refractivity contribution in [2.75, 3.05) is 6.61 Å². The van der Waals surface area contributed by atoms with Gasteiger partial charge in [0.05, 0.1) is 13.0 Å². The molecule has 0 spiro atoms. The maximum absolute atomic E-state index is 11.1. The molecule has 3 nitrogen and oxygen atoms in total. The summed E-state index contributed by atoms with van der Waals surface area (Å²) in [6.45, 7) is 11.0. The van der Waals surface area contributed by atoms with Gasteiger partial charge in [0.25, 0.3) is 0 Å². The number of carboxylic acids is 1. The zero-order valence-corrected chi connectivity index (χ0v) is 13.2. The molecule has 20 heavy (non-hydrogen) atoms. The summed E-state index contributed by atoms with van der Waals surface area (Å²) in [5.41, 5.74) is 2.27. The molecule has 0 saturated carbocycles. The molecule has 0 fully saturated rings. The lowest BCUT2D eigenvalue weighted by Crippen LogP contribution is -2.14. The van der Waals surface area contributed by atoms with E-state index in [0.29, 0.717) is 6.61 Å². The van der Waals surface area contributed by atoms with Crippen molar-refractivity contribution in [3.63, 3.8) is 0 Å². The second kappa shape index (κ2) is 6.78. The van der Waals surface area contributed by atoms with Crippen LogP contribution < -0.4 is 4.74 Å². The fourth-order valence-corrected chi connectivity index (χ4v) is 2.31. The number of carbonyl (C=O) groups is 1. The summed E-state index contributed by atoms with van der Waals surface area (Å²) in [6.07, 6.45) is 0.935. The molecule has 1 unspecified atom stereocenters. The minimum absolute atomic E-state index is 0.00338. The van der Waals surface area contributed by atoms with Gasteiger partial charge in [-0.2, -0.15) is 0 Å². The highest BCUT2D eigenvalue weighted by atomic mass is 16.5. The predicted molar refractivity (Wildman–Crippen MR) is 81.6 cm³/mol. The smallest absolute Gasteiger partial charge is 0.303 e. The van der Waals surface area contributed by atoms with Gasteiger partial charge in [0.15, 0.2) is 0 Å². The molecule has 1 rings (SSSR count).